The molecule has 0 aromatic heterocycles. The third-order valence-corrected chi connectivity index (χ3v) is 1.13. The minimum Gasteiger partial charge on any atom is -0.299 e. The predicted molar refractivity (Wildman–Crippen MR) is 39.5 cm³/mol. The van der Waals surface area contributed by atoms with Crippen LogP contribution in [-0.2, 0) is 4.79 Å². The summed E-state index contributed by atoms with van der Waals surface area (Å²) in [6, 6.07) is 0. The summed E-state index contributed by atoms with van der Waals surface area (Å²) in [5, 5.41) is 0.639. The highest BCUT2D eigenvalue weighted by Crippen LogP contribution is 2.12. The molecule has 0 spiro atoms. The molecule has 0 fully saturated rings. The molecule has 0 unspecified atom stereocenters. The molecular weight excluding hydrogens is 136 g/mol. The summed E-state index contributed by atoms with van der Waals surface area (Å²) in [5.74, 6) is 0.522. The van der Waals surface area contributed by atoms with E-state index in [1.165, 1.54) is 6.08 Å². The Kier molecular flexibility index (Phi) is 4.41. The van der Waals surface area contributed by atoms with Crippen LogP contribution in [0, 0.1) is 5.92 Å². The lowest BCUT2D eigenvalue weighted by atomic mass is 10.1. The Bertz CT molecular complexity index is 116. The summed E-state index contributed by atoms with van der Waals surface area (Å²) in [6.45, 7) is 4.11. The molecule has 2 heteroatoms. The van der Waals surface area contributed by atoms with E-state index in [2.05, 4.69) is 13.8 Å². The van der Waals surface area contributed by atoms with Gasteiger partial charge in [0.05, 0.1) is 0 Å². The number of carbonyl (C=O) groups is 1. The molecule has 0 aromatic rings. The van der Waals surface area contributed by atoms with Crippen LogP contribution in [0.4, 0.5) is 0 Å². The highest BCUT2D eigenvalue weighted by molar-refractivity contribution is 6.30. The Balaban J connectivity index is 3.61. The summed E-state index contributed by atoms with van der Waals surface area (Å²) >= 11 is 5.61. The van der Waals surface area contributed by atoms with Gasteiger partial charge in [-0.25, -0.2) is 0 Å². The Labute approximate surface area is 60.7 Å². The normalized spacial score (nSPS) is 12.2. The number of halogens is 1. The van der Waals surface area contributed by atoms with Gasteiger partial charge in [0, 0.05) is 5.03 Å². The first-order valence-corrected chi connectivity index (χ1v) is 3.34. The molecule has 0 saturated carbocycles. The molecule has 1 nitrogen and oxygen atoms in total. The van der Waals surface area contributed by atoms with Crippen molar-refractivity contribution >= 4 is 17.9 Å². The van der Waals surface area contributed by atoms with Gasteiger partial charge in [-0.05, 0) is 18.4 Å². The van der Waals surface area contributed by atoms with Crippen LogP contribution in [0.25, 0.3) is 0 Å². The number of hydrogen-bond donors (Lipinski definition) is 0. The van der Waals surface area contributed by atoms with Gasteiger partial charge in [0.25, 0.3) is 0 Å². The molecule has 0 radical (unpaired) electrons. The van der Waals surface area contributed by atoms with Gasteiger partial charge in [-0.2, -0.15) is 0 Å². The maximum absolute atomic E-state index is 9.84. The quantitative estimate of drug-likeness (QED) is 0.441. The van der Waals surface area contributed by atoms with Crippen LogP contribution in [0.1, 0.15) is 20.3 Å². The topological polar surface area (TPSA) is 17.1 Å². The van der Waals surface area contributed by atoms with Crippen molar-refractivity contribution < 1.29 is 4.79 Å². The third kappa shape index (κ3) is 5.57. The standard InChI is InChI=1S/C7H11ClO/c1-6(2)5-7(8)3-4-9/h3-4,6H,5H2,1-2H3/b7-3+. The first-order chi connectivity index (χ1) is 4.16. The first-order valence-electron chi connectivity index (χ1n) is 2.96. The fourth-order valence-electron chi connectivity index (χ4n) is 0.532. The zero-order valence-corrected chi connectivity index (χ0v) is 6.48. The van der Waals surface area contributed by atoms with Crippen LogP contribution in [-0.4, -0.2) is 6.29 Å². The zero-order valence-electron chi connectivity index (χ0n) is 5.73. The van der Waals surface area contributed by atoms with E-state index >= 15 is 0 Å². The molecule has 0 saturated heterocycles. The number of aldehydes is 1. The molecule has 0 rings (SSSR count). The van der Waals surface area contributed by atoms with E-state index in [1.54, 1.807) is 0 Å². The van der Waals surface area contributed by atoms with E-state index in [-0.39, 0.29) is 0 Å². The number of carbonyl (C=O) groups excluding carboxylic acids is 1. The average Bonchev–Trinajstić information content (AvgIpc) is 1.63. The van der Waals surface area contributed by atoms with Gasteiger partial charge in [0.2, 0.25) is 0 Å². The fourth-order valence-corrected chi connectivity index (χ4v) is 0.892. The van der Waals surface area contributed by atoms with Gasteiger partial charge in [-0.1, -0.05) is 25.4 Å². The van der Waals surface area contributed by atoms with Crippen molar-refractivity contribution in [1.82, 2.24) is 0 Å². The molecule has 0 aliphatic heterocycles. The molecule has 0 aliphatic carbocycles. The Morgan fingerprint density at radius 2 is 2.22 bits per heavy atom. The maximum atomic E-state index is 9.84. The maximum Gasteiger partial charge on any atom is 0.143 e. The van der Waals surface area contributed by atoms with Crippen LogP contribution < -0.4 is 0 Å². The van der Waals surface area contributed by atoms with Crippen LogP contribution in [0.2, 0.25) is 0 Å². The van der Waals surface area contributed by atoms with Gasteiger partial charge in [-0.3, -0.25) is 4.79 Å². The van der Waals surface area contributed by atoms with E-state index in [4.69, 9.17) is 11.6 Å². The van der Waals surface area contributed by atoms with Crippen molar-refractivity contribution in [3.63, 3.8) is 0 Å². The Hall–Kier alpha value is -0.300. The lowest BCUT2D eigenvalue weighted by molar-refractivity contribution is -0.104. The van der Waals surface area contributed by atoms with Gasteiger partial charge in [0.1, 0.15) is 6.29 Å². The molecule has 52 valence electrons. The van der Waals surface area contributed by atoms with Gasteiger partial charge >= 0.3 is 0 Å². The Morgan fingerprint density at radius 1 is 1.67 bits per heavy atom. The summed E-state index contributed by atoms with van der Waals surface area (Å²) in [5.41, 5.74) is 0. The largest absolute Gasteiger partial charge is 0.299 e. The van der Waals surface area contributed by atoms with E-state index in [9.17, 15) is 4.79 Å². The van der Waals surface area contributed by atoms with Crippen LogP contribution in [0.15, 0.2) is 11.1 Å². The number of allylic oxidation sites excluding steroid dienone is 2. The van der Waals surface area contributed by atoms with Crippen molar-refractivity contribution in [1.29, 1.82) is 0 Å². The average molecular weight is 147 g/mol. The predicted octanol–water partition coefficient (Wildman–Crippen LogP) is 2.35. The summed E-state index contributed by atoms with van der Waals surface area (Å²) in [4.78, 5) is 9.84. The molecule has 0 atom stereocenters. The van der Waals surface area contributed by atoms with E-state index in [0.29, 0.717) is 17.2 Å². The summed E-state index contributed by atoms with van der Waals surface area (Å²) < 4.78 is 0. The van der Waals surface area contributed by atoms with Crippen molar-refractivity contribution in [3.8, 4) is 0 Å². The first kappa shape index (κ1) is 8.70. The van der Waals surface area contributed by atoms with E-state index in [1.807, 2.05) is 0 Å². The minimum absolute atomic E-state index is 0.522. The van der Waals surface area contributed by atoms with Crippen molar-refractivity contribution in [2.45, 2.75) is 20.3 Å². The smallest absolute Gasteiger partial charge is 0.143 e. The summed E-state index contributed by atoms with van der Waals surface area (Å²) in [6.07, 6.45) is 2.90. The lowest BCUT2D eigenvalue weighted by Gasteiger charge is -1.99. The highest BCUT2D eigenvalue weighted by Gasteiger charge is 1.95. The van der Waals surface area contributed by atoms with Crippen molar-refractivity contribution in [3.05, 3.63) is 11.1 Å². The van der Waals surface area contributed by atoms with Crippen molar-refractivity contribution in [2.24, 2.45) is 5.92 Å². The number of rotatable bonds is 3. The highest BCUT2D eigenvalue weighted by atomic mass is 35.5. The lowest BCUT2D eigenvalue weighted by Crippen LogP contribution is -1.85. The fraction of sp³-hybridized carbons (Fsp3) is 0.571. The molecule has 0 aromatic carbocycles. The molecule has 0 amide bonds. The second-order valence-electron chi connectivity index (χ2n) is 2.35. The monoisotopic (exact) mass is 146 g/mol. The van der Waals surface area contributed by atoms with E-state index in [0.717, 1.165) is 6.42 Å². The molecular formula is C7H11ClO. The Morgan fingerprint density at radius 3 is 2.56 bits per heavy atom. The van der Waals surface area contributed by atoms with Crippen LogP contribution >= 0.6 is 11.6 Å². The zero-order chi connectivity index (χ0) is 7.28. The van der Waals surface area contributed by atoms with Crippen molar-refractivity contribution in [2.75, 3.05) is 0 Å². The third-order valence-electron chi connectivity index (χ3n) is 0.852. The number of hydrogen-bond acceptors (Lipinski definition) is 1. The van der Waals surface area contributed by atoms with E-state index < -0.39 is 0 Å². The second kappa shape index (κ2) is 4.57. The minimum atomic E-state index is 0.522. The molecule has 0 aliphatic rings. The van der Waals surface area contributed by atoms with Crippen LogP contribution in [0.5, 0.6) is 0 Å². The van der Waals surface area contributed by atoms with Gasteiger partial charge < -0.3 is 0 Å². The van der Waals surface area contributed by atoms with Gasteiger partial charge in [0.15, 0.2) is 0 Å². The summed E-state index contributed by atoms with van der Waals surface area (Å²) in [7, 11) is 0. The molecule has 0 bridgehead atoms. The molecule has 9 heavy (non-hydrogen) atoms. The van der Waals surface area contributed by atoms with Crippen LogP contribution in [0.3, 0.4) is 0 Å². The molecule has 0 heterocycles. The molecule has 0 N–H and O–H groups in total. The SMILES string of the molecule is CC(C)C/C(Cl)=C\C=O. The van der Waals surface area contributed by atoms with Gasteiger partial charge in [-0.15, -0.1) is 0 Å². The second-order valence-corrected chi connectivity index (χ2v) is 2.83.